The Hall–Kier alpha value is -2.38. The first-order chi connectivity index (χ1) is 12.2. The van der Waals surface area contributed by atoms with Crippen LogP contribution in [0.2, 0.25) is 0 Å². The van der Waals surface area contributed by atoms with Crippen LogP contribution >= 0.6 is 23.1 Å². The molecule has 1 atom stereocenters. The summed E-state index contributed by atoms with van der Waals surface area (Å²) in [6.45, 7) is 2.36. The van der Waals surface area contributed by atoms with Crippen LogP contribution in [0.3, 0.4) is 0 Å². The molecule has 0 radical (unpaired) electrons. The van der Waals surface area contributed by atoms with Gasteiger partial charge in [0.15, 0.2) is 4.34 Å². The fraction of sp³-hybridized carbons (Fsp3) is 0.167. The Labute approximate surface area is 154 Å². The van der Waals surface area contributed by atoms with Gasteiger partial charge in [0.25, 0.3) is 0 Å². The van der Waals surface area contributed by atoms with Gasteiger partial charge >= 0.3 is 0 Å². The molecule has 25 heavy (non-hydrogen) atoms. The number of carbonyl (C=O) groups excluding carboxylic acids is 1. The summed E-state index contributed by atoms with van der Waals surface area (Å²) in [6.07, 6.45) is 0. The lowest BCUT2D eigenvalue weighted by molar-refractivity contribution is -0.115. The fourth-order valence-corrected chi connectivity index (χ4v) is 3.66. The molecule has 3 aromatic rings. The first-order valence-electron chi connectivity index (χ1n) is 7.71. The van der Waals surface area contributed by atoms with Gasteiger partial charge in [-0.2, -0.15) is 0 Å². The van der Waals surface area contributed by atoms with E-state index < -0.39 is 0 Å². The Bertz CT molecular complexity index is 793. The molecule has 1 amide bonds. The molecule has 0 saturated carbocycles. The first-order valence-corrected chi connectivity index (χ1v) is 9.47. The topological polar surface area (TPSA) is 64.1 Å². The number of anilines is 1. The minimum absolute atomic E-state index is 0.0712. The number of nitrogens with one attached hydrogen (secondary N) is 1. The molecule has 128 valence electrons. The lowest BCUT2D eigenvalue weighted by Crippen LogP contribution is -2.22. The summed E-state index contributed by atoms with van der Waals surface area (Å²) >= 11 is 2.82. The van der Waals surface area contributed by atoms with Gasteiger partial charge in [0.2, 0.25) is 5.91 Å². The Balaban J connectivity index is 1.50. The van der Waals surface area contributed by atoms with Gasteiger partial charge < -0.3 is 10.1 Å². The molecule has 5 nitrogen and oxygen atoms in total. The summed E-state index contributed by atoms with van der Waals surface area (Å²) in [5, 5.41) is 10.4. The monoisotopic (exact) mass is 371 g/mol. The van der Waals surface area contributed by atoms with Crippen LogP contribution in [0.5, 0.6) is 5.75 Å². The second-order valence-corrected chi connectivity index (χ2v) is 7.67. The van der Waals surface area contributed by atoms with Crippen molar-refractivity contribution in [2.45, 2.75) is 23.1 Å². The lowest BCUT2D eigenvalue weighted by Gasteiger charge is -2.11. The number of hydrogen-bond donors (Lipinski definition) is 1. The summed E-state index contributed by atoms with van der Waals surface area (Å²) in [6, 6.07) is 17.3. The zero-order valence-corrected chi connectivity index (χ0v) is 15.2. The number of benzene rings is 2. The molecule has 1 aromatic heterocycles. The van der Waals surface area contributed by atoms with Crippen LogP contribution in [0, 0.1) is 0 Å². The fourth-order valence-electron chi connectivity index (χ4n) is 2.04. The van der Waals surface area contributed by atoms with Crippen LogP contribution in [-0.4, -0.2) is 21.4 Å². The number of hydrogen-bond acceptors (Lipinski definition) is 6. The van der Waals surface area contributed by atoms with Crippen LogP contribution < -0.4 is 10.1 Å². The predicted molar refractivity (Wildman–Crippen MR) is 101 cm³/mol. The molecule has 3 rings (SSSR count). The van der Waals surface area contributed by atoms with Gasteiger partial charge in [-0.05, 0) is 36.8 Å². The summed E-state index contributed by atoms with van der Waals surface area (Å²) in [7, 11) is 0. The summed E-state index contributed by atoms with van der Waals surface area (Å²) < 4.78 is 6.52. The van der Waals surface area contributed by atoms with Gasteiger partial charge in [0, 0.05) is 5.69 Å². The summed E-state index contributed by atoms with van der Waals surface area (Å²) in [5.74, 6) is 0.691. The molecule has 2 aromatic carbocycles. The number of nitrogens with zero attached hydrogens (tertiary/aromatic N) is 2. The van der Waals surface area contributed by atoms with Gasteiger partial charge in [-0.25, -0.2) is 0 Å². The maximum atomic E-state index is 12.2. The number of amides is 1. The van der Waals surface area contributed by atoms with E-state index in [1.807, 2.05) is 61.5 Å². The summed E-state index contributed by atoms with van der Waals surface area (Å²) in [5.41, 5.74) is 3.50. The normalized spacial score (nSPS) is 11.7. The quantitative estimate of drug-likeness (QED) is 0.630. The average Bonchev–Trinajstić information content (AvgIpc) is 3.15. The second-order valence-electron chi connectivity index (χ2n) is 5.25. The minimum atomic E-state index is -0.248. The van der Waals surface area contributed by atoms with Gasteiger partial charge in [-0.3, -0.25) is 4.79 Å². The van der Waals surface area contributed by atoms with E-state index in [2.05, 4.69) is 15.5 Å². The second kappa shape index (κ2) is 8.64. The van der Waals surface area contributed by atoms with Crippen molar-refractivity contribution in [3.63, 3.8) is 0 Å². The molecule has 0 aliphatic carbocycles. The molecule has 1 heterocycles. The van der Waals surface area contributed by atoms with Crippen molar-refractivity contribution in [3.8, 4) is 5.75 Å². The highest BCUT2D eigenvalue weighted by molar-refractivity contribution is 8.02. The van der Waals surface area contributed by atoms with Crippen molar-refractivity contribution < 1.29 is 9.53 Å². The highest BCUT2D eigenvalue weighted by atomic mass is 32.2. The zero-order valence-electron chi connectivity index (χ0n) is 13.6. The van der Waals surface area contributed by atoms with E-state index in [1.54, 1.807) is 5.51 Å². The Morgan fingerprint density at radius 3 is 2.64 bits per heavy atom. The number of thioether (sulfide) groups is 1. The highest BCUT2D eigenvalue weighted by Gasteiger charge is 2.16. The molecule has 0 spiro atoms. The van der Waals surface area contributed by atoms with E-state index in [0.29, 0.717) is 6.61 Å². The Kier molecular flexibility index (Phi) is 6.03. The van der Waals surface area contributed by atoms with Crippen molar-refractivity contribution in [2.24, 2.45) is 0 Å². The van der Waals surface area contributed by atoms with Gasteiger partial charge in [0.1, 0.15) is 17.9 Å². The zero-order chi connectivity index (χ0) is 17.5. The predicted octanol–water partition coefficient (Wildman–Crippen LogP) is 4.24. The third kappa shape index (κ3) is 5.30. The molecule has 1 unspecified atom stereocenters. The van der Waals surface area contributed by atoms with E-state index in [1.165, 1.54) is 23.1 Å². The van der Waals surface area contributed by atoms with Gasteiger partial charge in [-0.15, -0.1) is 10.2 Å². The smallest absolute Gasteiger partial charge is 0.237 e. The standard InChI is InChI=1S/C18H17N3O2S2/c1-13(25-18-21-19-12-24-18)17(22)20-15-7-9-16(10-8-15)23-11-14-5-3-2-4-6-14/h2-10,12-13H,11H2,1H3,(H,20,22). The van der Waals surface area contributed by atoms with Crippen molar-refractivity contribution in [3.05, 3.63) is 65.7 Å². The maximum absolute atomic E-state index is 12.2. The average molecular weight is 371 g/mol. The van der Waals surface area contributed by atoms with Crippen LogP contribution in [0.15, 0.2) is 64.4 Å². The molecule has 0 fully saturated rings. The molecule has 0 saturated heterocycles. The van der Waals surface area contributed by atoms with Crippen LogP contribution in [0.25, 0.3) is 0 Å². The van der Waals surface area contributed by atoms with Crippen molar-refractivity contribution in [1.82, 2.24) is 10.2 Å². The van der Waals surface area contributed by atoms with E-state index in [4.69, 9.17) is 4.74 Å². The van der Waals surface area contributed by atoms with Crippen molar-refractivity contribution in [1.29, 1.82) is 0 Å². The largest absolute Gasteiger partial charge is 0.489 e. The third-order valence-electron chi connectivity index (χ3n) is 3.36. The lowest BCUT2D eigenvalue weighted by atomic mass is 10.2. The van der Waals surface area contributed by atoms with Crippen LogP contribution in [0.1, 0.15) is 12.5 Å². The van der Waals surface area contributed by atoms with E-state index in [0.717, 1.165) is 21.3 Å². The SMILES string of the molecule is CC(Sc1nncs1)C(=O)Nc1ccc(OCc2ccccc2)cc1. The van der Waals surface area contributed by atoms with Crippen LogP contribution in [-0.2, 0) is 11.4 Å². The van der Waals surface area contributed by atoms with Crippen molar-refractivity contribution >= 4 is 34.7 Å². The first kappa shape index (κ1) is 17.4. The molecular weight excluding hydrogens is 354 g/mol. The Morgan fingerprint density at radius 2 is 1.96 bits per heavy atom. The van der Waals surface area contributed by atoms with E-state index >= 15 is 0 Å². The number of ether oxygens (including phenoxy) is 1. The molecular formula is C18H17N3O2S2. The molecule has 0 bridgehead atoms. The Morgan fingerprint density at radius 1 is 1.20 bits per heavy atom. The minimum Gasteiger partial charge on any atom is -0.489 e. The number of carbonyl (C=O) groups is 1. The maximum Gasteiger partial charge on any atom is 0.237 e. The van der Waals surface area contributed by atoms with Gasteiger partial charge in [0.05, 0.1) is 5.25 Å². The van der Waals surface area contributed by atoms with E-state index in [-0.39, 0.29) is 11.2 Å². The molecule has 7 heteroatoms. The van der Waals surface area contributed by atoms with Crippen LogP contribution in [0.4, 0.5) is 5.69 Å². The third-order valence-corrected chi connectivity index (χ3v) is 5.27. The number of rotatable bonds is 7. The van der Waals surface area contributed by atoms with Gasteiger partial charge in [-0.1, -0.05) is 53.4 Å². The van der Waals surface area contributed by atoms with E-state index in [9.17, 15) is 4.79 Å². The molecule has 0 aliphatic heterocycles. The number of aromatic nitrogens is 2. The molecule has 1 N–H and O–H groups in total. The summed E-state index contributed by atoms with van der Waals surface area (Å²) in [4.78, 5) is 12.2. The highest BCUT2D eigenvalue weighted by Crippen LogP contribution is 2.25. The molecule has 0 aliphatic rings. The van der Waals surface area contributed by atoms with Crippen molar-refractivity contribution in [2.75, 3.05) is 5.32 Å².